The van der Waals surface area contributed by atoms with Crippen molar-refractivity contribution < 1.29 is 9.59 Å². The molecule has 0 saturated heterocycles. The zero-order valence-corrected chi connectivity index (χ0v) is 12.1. The number of allylic oxidation sites excluding steroid dienone is 4. The topological polar surface area (TPSA) is 34.1 Å². The Morgan fingerprint density at radius 2 is 1.72 bits per heavy atom. The van der Waals surface area contributed by atoms with Crippen molar-refractivity contribution in [3.8, 4) is 0 Å². The summed E-state index contributed by atoms with van der Waals surface area (Å²) in [5.41, 5.74) is 1.21. The molecule has 2 unspecified atom stereocenters. The predicted octanol–water partition coefficient (Wildman–Crippen LogP) is 3.72. The number of carbonyl (C=O) groups is 2. The Morgan fingerprint density at radius 3 is 2.06 bits per heavy atom. The SMILES string of the molecule is C/C=C(C(=O)CC)\C(=C/C1C(C)CC1C)C(C)=O. The van der Waals surface area contributed by atoms with Gasteiger partial charge < -0.3 is 0 Å². The molecule has 1 fully saturated rings. The molecular weight excluding hydrogens is 224 g/mol. The van der Waals surface area contributed by atoms with Crippen LogP contribution in [0.3, 0.4) is 0 Å². The largest absolute Gasteiger partial charge is 0.294 e. The van der Waals surface area contributed by atoms with Gasteiger partial charge in [-0.05, 0) is 38.0 Å². The third-order valence-corrected chi connectivity index (χ3v) is 4.00. The summed E-state index contributed by atoms with van der Waals surface area (Å²) >= 11 is 0. The van der Waals surface area contributed by atoms with E-state index in [-0.39, 0.29) is 11.6 Å². The molecule has 1 aliphatic carbocycles. The van der Waals surface area contributed by atoms with Crippen LogP contribution < -0.4 is 0 Å². The predicted molar refractivity (Wildman–Crippen MR) is 74.3 cm³/mol. The van der Waals surface area contributed by atoms with E-state index >= 15 is 0 Å². The fourth-order valence-corrected chi connectivity index (χ4v) is 2.84. The van der Waals surface area contributed by atoms with Crippen molar-refractivity contribution in [3.63, 3.8) is 0 Å². The van der Waals surface area contributed by atoms with Gasteiger partial charge in [0.15, 0.2) is 11.6 Å². The minimum absolute atomic E-state index is 0.00352. The lowest BCUT2D eigenvalue weighted by Crippen LogP contribution is -2.32. The maximum absolute atomic E-state index is 11.9. The second-order valence-corrected chi connectivity index (χ2v) is 5.38. The highest BCUT2D eigenvalue weighted by Gasteiger charge is 2.34. The fraction of sp³-hybridized carbons (Fsp3) is 0.625. The second kappa shape index (κ2) is 6.12. The van der Waals surface area contributed by atoms with Gasteiger partial charge in [0, 0.05) is 17.6 Å². The van der Waals surface area contributed by atoms with Crippen molar-refractivity contribution in [2.45, 2.75) is 47.5 Å². The van der Waals surface area contributed by atoms with Crippen molar-refractivity contribution in [2.24, 2.45) is 17.8 Å². The molecule has 1 saturated carbocycles. The molecule has 0 bridgehead atoms. The molecule has 2 atom stereocenters. The summed E-state index contributed by atoms with van der Waals surface area (Å²) in [5.74, 6) is 1.71. The van der Waals surface area contributed by atoms with E-state index in [1.807, 2.05) is 19.9 Å². The molecule has 18 heavy (non-hydrogen) atoms. The first kappa shape index (κ1) is 14.9. The molecule has 2 nitrogen and oxygen atoms in total. The van der Waals surface area contributed by atoms with Crippen molar-refractivity contribution in [2.75, 3.05) is 0 Å². The van der Waals surface area contributed by atoms with Gasteiger partial charge in [-0.2, -0.15) is 0 Å². The minimum atomic E-state index is -0.00352. The van der Waals surface area contributed by atoms with Crippen molar-refractivity contribution in [1.29, 1.82) is 0 Å². The lowest BCUT2D eigenvalue weighted by molar-refractivity contribution is -0.117. The molecule has 1 aliphatic rings. The van der Waals surface area contributed by atoms with Crippen LogP contribution in [-0.4, -0.2) is 11.6 Å². The molecule has 0 aromatic rings. The van der Waals surface area contributed by atoms with Crippen molar-refractivity contribution >= 4 is 11.6 Å². The smallest absolute Gasteiger partial charge is 0.162 e. The maximum Gasteiger partial charge on any atom is 0.162 e. The normalized spacial score (nSPS) is 28.8. The molecule has 2 heteroatoms. The highest BCUT2D eigenvalue weighted by molar-refractivity contribution is 6.11. The van der Waals surface area contributed by atoms with E-state index in [0.717, 1.165) is 0 Å². The van der Waals surface area contributed by atoms with Crippen LogP contribution >= 0.6 is 0 Å². The molecule has 100 valence electrons. The van der Waals surface area contributed by atoms with E-state index in [4.69, 9.17) is 0 Å². The first-order valence-electron chi connectivity index (χ1n) is 6.84. The van der Waals surface area contributed by atoms with Gasteiger partial charge in [0.05, 0.1) is 0 Å². The summed E-state index contributed by atoms with van der Waals surface area (Å²) in [6, 6.07) is 0. The average Bonchev–Trinajstić information content (AvgIpc) is 2.33. The van der Waals surface area contributed by atoms with E-state index in [2.05, 4.69) is 13.8 Å². The van der Waals surface area contributed by atoms with Gasteiger partial charge in [0.25, 0.3) is 0 Å². The first-order chi connectivity index (χ1) is 8.42. The molecule has 0 aliphatic heterocycles. The van der Waals surface area contributed by atoms with Gasteiger partial charge in [-0.1, -0.05) is 32.9 Å². The lowest BCUT2D eigenvalue weighted by atomic mass is 9.65. The Hall–Kier alpha value is -1.18. The van der Waals surface area contributed by atoms with E-state index in [1.165, 1.54) is 6.42 Å². The lowest BCUT2D eigenvalue weighted by Gasteiger charge is -2.39. The van der Waals surface area contributed by atoms with Crippen LogP contribution in [0.4, 0.5) is 0 Å². The number of carbonyl (C=O) groups excluding carboxylic acids is 2. The van der Waals surface area contributed by atoms with Gasteiger partial charge in [-0.15, -0.1) is 0 Å². The molecule has 1 rings (SSSR count). The first-order valence-corrected chi connectivity index (χ1v) is 6.84. The Labute approximate surface area is 110 Å². The van der Waals surface area contributed by atoms with Crippen LogP contribution in [0.2, 0.25) is 0 Å². The van der Waals surface area contributed by atoms with Crippen molar-refractivity contribution in [1.82, 2.24) is 0 Å². The summed E-state index contributed by atoms with van der Waals surface area (Å²) in [4.78, 5) is 23.7. The highest BCUT2D eigenvalue weighted by Crippen LogP contribution is 2.41. The summed E-state index contributed by atoms with van der Waals surface area (Å²) in [6.45, 7) is 9.61. The van der Waals surface area contributed by atoms with Gasteiger partial charge in [-0.25, -0.2) is 0 Å². The molecule has 0 N–H and O–H groups in total. The Balaban J connectivity index is 3.06. The molecular formula is C16H24O2. The van der Waals surface area contributed by atoms with Crippen LogP contribution in [0.1, 0.15) is 47.5 Å². The molecule has 0 spiro atoms. The standard InChI is InChI=1S/C16H24O2/c1-6-13(16(18)7-2)15(12(5)17)9-14-10(3)8-11(14)4/h6,9-11,14H,7-8H2,1-5H3/b13-6+,15-9-. The summed E-state index contributed by atoms with van der Waals surface area (Å²) in [6.07, 6.45) is 5.45. The second-order valence-electron chi connectivity index (χ2n) is 5.38. The average molecular weight is 248 g/mol. The molecule has 0 heterocycles. The zero-order chi connectivity index (χ0) is 13.9. The van der Waals surface area contributed by atoms with Crippen LogP contribution in [-0.2, 0) is 9.59 Å². The van der Waals surface area contributed by atoms with Crippen LogP contribution in [0.25, 0.3) is 0 Å². The number of ketones is 2. The zero-order valence-electron chi connectivity index (χ0n) is 12.1. The van der Waals surface area contributed by atoms with Gasteiger partial charge in [-0.3, -0.25) is 9.59 Å². The van der Waals surface area contributed by atoms with Crippen molar-refractivity contribution in [3.05, 3.63) is 23.3 Å². The van der Waals surface area contributed by atoms with Gasteiger partial charge >= 0.3 is 0 Å². The monoisotopic (exact) mass is 248 g/mol. The van der Waals surface area contributed by atoms with E-state index in [0.29, 0.717) is 35.3 Å². The highest BCUT2D eigenvalue weighted by atomic mass is 16.1. The molecule has 0 radical (unpaired) electrons. The Morgan fingerprint density at radius 1 is 1.17 bits per heavy atom. The Bertz CT molecular complexity index is 393. The van der Waals surface area contributed by atoms with E-state index in [1.54, 1.807) is 13.0 Å². The van der Waals surface area contributed by atoms with Crippen LogP contribution in [0.5, 0.6) is 0 Å². The number of Topliss-reactive ketones (excluding diaryl/α,β-unsaturated/α-hetero) is 2. The van der Waals surface area contributed by atoms with Gasteiger partial charge in [0.1, 0.15) is 0 Å². The molecule has 0 amide bonds. The third kappa shape index (κ3) is 2.98. The maximum atomic E-state index is 11.9. The van der Waals surface area contributed by atoms with E-state index in [9.17, 15) is 9.59 Å². The van der Waals surface area contributed by atoms with E-state index < -0.39 is 0 Å². The van der Waals surface area contributed by atoms with Crippen LogP contribution in [0.15, 0.2) is 23.3 Å². The number of hydrogen-bond donors (Lipinski definition) is 0. The summed E-state index contributed by atoms with van der Waals surface area (Å²) in [5, 5.41) is 0. The quantitative estimate of drug-likeness (QED) is 0.549. The van der Waals surface area contributed by atoms with Crippen LogP contribution in [0, 0.1) is 17.8 Å². The molecule has 0 aromatic heterocycles. The third-order valence-electron chi connectivity index (χ3n) is 4.00. The fourth-order valence-electron chi connectivity index (χ4n) is 2.84. The Kier molecular flexibility index (Phi) is 5.06. The summed E-state index contributed by atoms with van der Waals surface area (Å²) in [7, 11) is 0. The molecule has 0 aromatic carbocycles. The number of rotatable bonds is 5. The van der Waals surface area contributed by atoms with Gasteiger partial charge in [0.2, 0.25) is 0 Å². The minimum Gasteiger partial charge on any atom is -0.294 e. The summed E-state index contributed by atoms with van der Waals surface area (Å²) < 4.78 is 0. The number of hydrogen-bond acceptors (Lipinski definition) is 2.